The Balaban J connectivity index is 1.92. The Morgan fingerprint density at radius 2 is 1.58 bits per heavy atom. The average Bonchev–Trinajstić information content (AvgIpc) is 3.12. The highest BCUT2D eigenvalue weighted by Crippen LogP contribution is 2.43. The standard InChI is InChI=1S/C19H23NO4/c1-3-9-23-16-11-13-5-6-15(20-18(21)7-8-19(20)22)14(13)12-17(16)24-10-4-2/h7-8,11-12,15H,3-6,9-10H2,1-2H3/t15-/m0/s1. The molecule has 0 radical (unpaired) electrons. The maximum absolute atomic E-state index is 12.0. The molecule has 0 fully saturated rings. The van der Waals surface area contributed by atoms with Gasteiger partial charge in [0, 0.05) is 12.2 Å². The van der Waals surface area contributed by atoms with Gasteiger partial charge < -0.3 is 9.47 Å². The van der Waals surface area contributed by atoms with Crippen LogP contribution in [0.5, 0.6) is 11.5 Å². The first-order chi connectivity index (χ1) is 11.7. The molecule has 1 atom stereocenters. The Labute approximate surface area is 142 Å². The van der Waals surface area contributed by atoms with Gasteiger partial charge in [0.2, 0.25) is 0 Å². The summed E-state index contributed by atoms with van der Waals surface area (Å²) in [4.78, 5) is 25.4. The minimum Gasteiger partial charge on any atom is -0.490 e. The molecule has 1 aromatic carbocycles. The van der Waals surface area contributed by atoms with Gasteiger partial charge in [-0.1, -0.05) is 13.8 Å². The highest BCUT2D eigenvalue weighted by molar-refractivity contribution is 6.13. The molecule has 2 amide bonds. The normalized spacial score (nSPS) is 19.1. The van der Waals surface area contributed by atoms with Crippen molar-refractivity contribution >= 4 is 11.8 Å². The maximum atomic E-state index is 12.0. The van der Waals surface area contributed by atoms with Gasteiger partial charge >= 0.3 is 0 Å². The van der Waals surface area contributed by atoms with Gasteiger partial charge in [-0.3, -0.25) is 14.5 Å². The summed E-state index contributed by atoms with van der Waals surface area (Å²) in [5.41, 5.74) is 2.12. The second-order valence-corrected chi connectivity index (χ2v) is 6.13. The second kappa shape index (κ2) is 7.07. The van der Waals surface area contributed by atoms with E-state index in [2.05, 4.69) is 13.8 Å². The summed E-state index contributed by atoms with van der Waals surface area (Å²) in [6.07, 6.45) is 6.09. The molecule has 0 saturated heterocycles. The summed E-state index contributed by atoms with van der Waals surface area (Å²) >= 11 is 0. The van der Waals surface area contributed by atoms with Crippen LogP contribution in [0.1, 0.15) is 50.3 Å². The minimum atomic E-state index is -0.236. The number of ether oxygens (including phenoxy) is 2. The first-order valence-electron chi connectivity index (χ1n) is 8.63. The molecule has 128 valence electrons. The van der Waals surface area contributed by atoms with Gasteiger partial charge in [0.05, 0.1) is 19.3 Å². The lowest BCUT2D eigenvalue weighted by molar-refractivity contribution is -0.139. The Morgan fingerprint density at radius 1 is 1.00 bits per heavy atom. The average molecular weight is 329 g/mol. The molecule has 1 aliphatic carbocycles. The number of benzene rings is 1. The van der Waals surface area contributed by atoms with Crippen LogP contribution in [0.3, 0.4) is 0 Å². The molecule has 0 spiro atoms. The monoisotopic (exact) mass is 329 g/mol. The van der Waals surface area contributed by atoms with E-state index in [1.54, 1.807) is 0 Å². The van der Waals surface area contributed by atoms with Gasteiger partial charge in [0.15, 0.2) is 11.5 Å². The maximum Gasteiger partial charge on any atom is 0.254 e. The SMILES string of the molecule is CCCOc1cc2c(cc1OCCC)[C@@H](N1C(=O)C=CC1=O)CC2. The van der Waals surface area contributed by atoms with Gasteiger partial charge in [-0.2, -0.15) is 0 Å². The topological polar surface area (TPSA) is 55.8 Å². The van der Waals surface area contributed by atoms with Gasteiger partial charge in [0.1, 0.15) is 0 Å². The zero-order valence-corrected chi connectivity index (χ0v) is 14.2. The molecular weight excluding hydrogens is 306 g/mol. The first kappa shape index (κ1) is 16.6. The zero-order valence-electron chi connectivity index (χ0n) is 14.2. The quantitative estimate of drug-likeness (QED) is 0.721. The molecule has 0 N–H and O–H groups in total. The van der Waals surface area contributed by atoms with Crippen LogP contribution in [0.4, 0.5) is 0 Å². The molecule has 5 heteroatoms. The summed E-state index contributed by atoms with van der Waals surface area (Å²) in [6, 6.07) is 3.75. The molecule has 0 bridgehead atoms. The van der Waals surface area contributed by atoms with E-state index in [1.165, 1.54) is 17.1 Å². The van der Waals surface area contributed by atoms with E-state index in [0.29, 0.717) is 19.0 Å². The molecule has 2 aliphatic rings. The molecule has 0 saturated carbocycles. The first-order valence-corrected chi connectivity index (χ1v) is 8.63. The van der Waals surface area contributed by atoms with Crippen molar-refractivity contribution in [1.29, 1.82) is 0 Å². The number of carbonyl (C=O) groups excluding carboxylic acids is 2. The van der Waals surface area contributed by atoms with E-state index in [0.717, 1.165) is 42.6 Å². The van der Waals surface area contributed by atoms with E-state index in [-0.39, 0.29) is 17.9 Å². The third-order valence-electron chi connectivity index (χ3n) is 4.33. The third kappa shape index (κ3) is 3.03. The van der Waals surface area contributed by atoms with Crippen molar-refractivity contribution in [2.75, 3.05) is 13.2 Å². The number of rotatable bonds is 7. The van der Waals surface area contributed by atoms with E-state index in [4.69, 9.17) is 9.47 Å². The molecular formula is C19H23NO4. The molecule has 1 aliphatic heterocycles. The van der Waals surface area contributed by atoms with Gasteiger partial charge in [0.25, 0.3) is 11.8 Å². The van der Waals surface area contributed by atoms with E-state index in [1.807, 2.05) is 12.1 Å². The van der Waals surface area contributed by atoms with E-state index in [9.17, 15) is 9.59 Å². The number of imide groups is 1. The number of hydrogen-bond donors (Lipinski definition) is 0. The molecule has 1 aromatic rings. The lowest BCUT2D eigenvalue weighted by atomic mass is 10.1. The van der Waals surface area contributed by atoms with Crippen LogP contribution in [-0.4, -0.2) is 29.9 Å². The molecule has 24 heavy (non-hydrogen) atoms. The van der Waals surface area contributed by atoms with Crippen LogP contribution in [0, 0.1) is 0 Å². The van der Waals surface area contributed by atoms with Crippen LogP contribution >= 0.6 is 0 Å². The Hall–Kier alpha value is -2.30. The summed E-state index contributed by atoms with van der Waals surface area (Å²) in [5, 5.41) is 0. The number of fused-ring (bicyclic) bond motifs is 1. The fourth-order valence-corrected chi connectivity index (χ4v) is 3.23. The van der Waals surface area contributed by atoms with Crippen LogP contribution in [0.15, 0.2) is 24.3 Å². The van der Waals surface area contributed by atoms with Crippen molar-refractivity contribution < 1.29 is 19.1 Å². The Kier molecular flexibility index (Phi) is 4.88. The highest BCUT2D eigenvalue weighted by Gasteiger charge is 2.37. The third-order valence-corrected chi connectivity index (χ3v) is 4.33. The number of hydrogen-bond acceptors (Lipinski definition) is 4. The summed E-state index contributed by atoms with van der Waals surface area (Å²) < 4.78 is 11.7. The highest BCUT2D eigenvalue weighted by atomic mass is 16.5. The predicted molar refractivity (Wildman–Crippen MR) is 90.1 cm³/mol. The Bertz CT molecular complexity index is 662. The fourth-order valence-electron chi connectivity index (χ4n) is 3.23. The molecule has 0 aromatic heterocycles. The predicted octanol–water partition coefficient (Wildman–Crippen LogP) is 3.18. The molecule has 5 nitrogen and oxygen atoms in total. The summed E-state index contributed by atoms with van der Waals surface area (Å²) in [7, 11) is 0. The van der Waals surface area contributed by atoms with Crippen LogP contribution in [0.25, 0.3) is 0 Å². The fraction of sp³-hybridized carbons (Fsp3) is 0.474. The van der Waals surface area contributed by atoms with Gasteiger partial charge in [-0.15, -0.1) is 0 Å². The van der Waals surface area contributed by atoms with Crippen molar-refractivity contribution in [3.8, 4) is 11.5 Å². The van der Waals surface area contributed by atoms with Crippen molar-refractivity contribution in [1.82, 2.24) is 4.90 Å². The zero-order chi connectivity index (χ0) is 17.1. The van der Waals surface area contributed by atoms with Crippen molar-refractivity contribution in [2.45, 2.75) is 45.6 Å². The molecule has 1 heterocycles. The lowest BCUT2D eigenvalue weighted by Gasteiger charge is -2.23. The van der Waals surface area contributed by atoms with Gasteiger partial charge in [-0.05, 0) is 48.9 Å². The molecule has 3 rings (SSSR count). The van der Waals surface area contributed by atoms with E-state index >= 15 is 0 Å². The van der Waals surface area contributed by atoms with Crippen LogP contribution < -0.4 is 9.47 Å². The number of carbonyl (C=O) groups is 2. The smallest absolute Gasteiger partial charge is 0.254 e. The second-order valence-electron chi connectivity index (χ2n) is 6.13. The molecule has 0 unspecified atom stereocenters. The summed E-state index contributed by atoms with van der Waals surface area (Å²) in [5.74, 6) is 0.977. The van der Waals surface area contributed by atoms with Crippen molar-refractivity contribution in [2.24, 2.45) is 0 Å². The summed E-state index contributed by atoms with van der Waals surface area (Å²) in [6.45, 7) is 5.36. The largest absolute Gasteiger partial charge is 0.490 e. The minimum absolute atomic E-state index is 0.209. The number of aryl methyl sites for hydroxylation is 1. The lowest BCUT2D eigenvalue weighted by Crippen LogP contribution is -2.33. The van der Waals surface area contributed by atoms with Crippen molar-refractivity contribution in [3.05, 3.63) is 35.4 Å². The number of nitrogens with zero attached hydrogens (tertiary/aromatic N) is 1. The van der Waals surface area contributed by atoms with E-state index < -0.39 is 0 Å². The van der Waals surface area contributed by atoms with Crippen LogP contribution in [0.2, 0.25) is 0 Å². The van der Waals surface area contributed by atoms with Crippen LogP contribution in [-0.2, 0) is 16.0 Å². The van der Waals surface area contributed by atoms with Crippen molar-refractivity contribution in [3.63, 3.8) is 0 Å². The Morgan fingerprint density at radius 3 is 2.17 bits per heavy atom. The van der Waals surface area contributed by atoms with Gasteiger partial charge in [-0.25, -0.2) is 0 Å². The number of amides is 2.